The van der Waals surface area contributed by atoms with E-state index in [1.165, 1.54) is 10.7 Å². The zero-order valence-corrected chi connectivity index (χ0v) is 13.7. The molecule has 1 aromatic heterocycles. The Morgan fingerprint density at radius 1 is 0.833 bits per heavy atom. The van der Waals surface area contributed by atoms with Crippen molar-refractivity contribution in [3.63, 3.8) is 0 Å². The smallest absolute Gasteiger partial charge is 0.271 e. The molecule has 0 unspecified atom stereocenters. The van der Waals surface area contributed by atoms with E-state index < -0.39 is 0 Å². The first-order chi connectivity index (χ1) is 11.7. The number of H-pyrrole nitrogens is 1. The number of benzene rings is 2. The quantitative estimate of drug-likeness (QED) is 0.783. The Morgan fingerprint density at radius 2 is 1.54 bits per heavy atom. The molecule has 0 fully saturated rings. The number of nitrogens with zero attached hydrogens (tertiary/aromatic N) is 1. The molecule has 1 N–H and O–H groups in total. The Balaban J connectivity index is 2.08. The van der Waals surface area contributed by atoms with Crippen molar-refractivity contribution < 1.29 is 14.2 Å². The van der Waals surface area contributed by atoms with Crippen LogP contribution in [0.25, 0.3) is 16.9 Å². The second-order valence-corrected chi connectivity index (χ2v) is 5.09. The Morgan fingerprint density at radius 3 is 2.25 bits per heavy atom. The maximum absolute atomic E-state index is 12.4. The lowest BCUT2D eigenvalue weighted by molar-refractivity contribution is 0.355. The fourth-order valence-corrected chi connectivity index (χ4v) is 2.54. The molecule has 0 amide bonds. The van der Waals surface area contributed by atoms with Gasteiger partial charge >= 0.3 is 0 Å². The SMILES string of the molecule is COc1ccc(-c2cc(=O)n(-c3ccccc3OC)[nH]2)cc1OC. The molecule has 0 atom stereocenters. The van der Waals surface area contributed by atoms with Crippen LogP contribution in [-0.4, -0.2) is 31.1 Å². The monoisotopic (exact) mass is 326 g/mol. The third kappa shape index (κ3) is 2.74. The third-order valence-corrected chi connectivity index (χ3v) is 3.74. The fourth-order valence-electron chi connectivity index (χ4n) is 2.54. The predicted octanol–water partition coefficient (Wildman–Crippen LogP) is 2.86. The van der Waals surface area contributed by atoms with Crippen LogP contribution in [0, 0.1) is 0 Å². The zero-order chi connectivity index (χ0) is 17.1. The van der Waals surface area contributed by atoms with E-state index in [2.05, 4.69) is 5.10 Å². The molecule has 24 heavy (non-hydrogen) atoms. The zero-order valence-electron chi connectivity index (χ0n) is 13.7. The van der Waals surface area contributed by atoms with Crippen molar-refractivity contribution in [3.8, 4) is 34.2 Å². The van der Waals surface area contributed by atoms with Crippen LogP contribution in [0.4, 0.5) is 0 Å². The molecule has 0 aliphatic heterocycles. The second kappa shape index (κ2) is 6.54. The summed E-state index contributed by atoms with van der Waals surface area (Å²) in [6.07, 6.45) is 0. The molecule has 6 nitrogen and oxygen atoms in total. The van der Waals surface area contributed by atoms with Crippen molar-refractivity contribution >= 4 is 0 Å². The molecule has 0 radical (unpaired) electrons. The van der Waals surface area contributed by atoms with E-state index in [0.717, 1.165) is 5.56 Å². The van der Waals surface area contributed by atoms with Crippen LogP contribution in [0.15, 0.2) is 53.3 Å². The molecule has 0 saturated heterocycles. The highest BCUT2D eigenvalue weighted by atomic mass is 16.5. The van der Waals surface area contributed by atoms with Crippen LogP contribution in [0.2, 0.25) is 0 Å². The number of aromatic amines is 1. The molecule has 0 aliphatic carbocycles. The molecule has 2 aromatic carbocycles. The largest absolute Gasteiger partial charge is 0.494 e. The minimum atomic E-state index is -0.177. The molecule has 3 aromatic rings. The summed E-state index contributed by atoms with van der Waals surface area (Å²) in [5, 5.41) is 3.11. The molecular formula is C18H18N2O4. The summed E-state index contributed by atoms with van der Waals surface area (Å²) in [6, 6.07) is 14.3. The first-order valence-corrected chi connectivity index (χ1v) is 7.35. The van der Waals surface area contributed by atoms with Gasteiger partial charge in [0, 0.05) is 11.6 Å². The van der Waals surface area contributed by atoms with Gasteiger partial charge in [-0.25, -0.2) is 4.68 Å². The van der Waals surface area contributed by atoms with Gasteiger partial charge in [0.2, 0.25) is 0 Å². The maximum Gasteiger partial charge on any atom is 0.271 e. The Labute approximate surface area is 139 Å². The van der Waals surface area contributed by atoms with Crippen LogP contribution in [-0.2, 0) is 0 Å². The number of ether oxygens (including phenoxy) is 3. The predicted molar refractivity (Wildman–Crippen MR) is 91.5 cm³/mol. The normalized spacial score (nSPS) is 10.5. The molecule has 3 rings (SSSR count). The van der Waals surface area contributed by atoms with Crippen LogP contribution in [0.3, 0.4) is 0 Å². The Kier molecular flexibility index (Phi) is 4.29. The minimum absolute atomic E-state index is 0.177. The van der Waals surface area contributed by atoms with Gasteiger partial charge in [0.25, 0.3) is 5.56 Å². The number of nitrogens with one attached hydrogen (secondary N) is 1. The van der Waals surface area contributed by atoms with E-state index >= 15 is 0 Å². The lowest BCUT2D eigenvalue weighted by Gasteiger charge is -2.09. The lowest BCUT2D eigenvalue weighted by Crippen LogP contribution is -2.14. The van der Waals surface area contributed by atoms with Crippen LogP contribution < -0.4 is 19.8 Å². The molecule has 0 aliphatic rings. The van der Waals surface area contributed by atoms with Crippen LogP contribution in [0.1, 0.15) is 0 Å². The highest BCUT2D eigenvalue weighted by Gasteiger charge is 2.12. The minimum Gasteiger partial charge on any atom is -0.494 e. The first kappa shape index (κ1) is 15.7. The Bertz CT molecular complexity index is 911. The van der Waals surface area contributed by atoms with Gasteiger partial charge in [-0.15, -0.1) is 0 Å². The summed E-state index contributed by atoms with van der Waals surface area (Å²) in [5.74, 6) is 1.84. The lowest BCUT2D eigenvalue weighted by atomic mass is 10.1. The summed E-state index contributed by atoms with van der Waals surface area (Å²) in [4.78, 5) is 12.4. The van der Waals surface area contributed by atoms with Gasteiger partial charge in [-0.1, -0.05) is 12.1 Å². The van der Waals surface area contributed by atoms with Gasteiger partial charge in [0.05, 0.1) is 27.0 Å². The topological polar surface area (TPSA) is 65.5 Å². The van der Waals surface area contributed by atoms with Crippen molar-refractivity contribution in [3.05, 3.63) is 58.9 Å². The summed E-state index contributed by atoms with van der Waals surface area (Å²) < 4.78 is 17.3. The first-order valence-electron chi connectivity index (χ1n) is 7.35. The van der Waals surface area contributed by atoms with E-state index in [0.29, 0.717) is 28.6 Å². The number of rotatable bonds is 5. The van der Waals surface area contributed by atoms with Crippen LogP contribution in [0.5, 0.6) is 17.2 Å². The Hall–Kier alpha value is -3.15. The van der Waals surface area contributed by atoms with Gasteiger partial charge in [0.1, 0.15) is 11.4 Å². The van der Waals surface area contributed by atoms with E-state index in [9.17, 15) is 4.79 Å². The summed E-state index contributed by atoms with van der Waals surface area (Å²) in [7, 11) is 4.73. The number of hydrogen-bond acceptors (Lipinski definition) is 4. The van der Waals surface area contributed by atoms with Gasteiger partial charge in [-0.05, 0) is 30.3 Å². The van der Waals surface area contributed by atoms with Crippen molar-refractivity contribution in [1.82, 2.24) is 9.78 Å². The maximum atomic E-state index is 12.4. The van der Waals surface area contributed by atoms with Crippen LogP contribution >= 0.6 is 0 Å². The highest BCUT2D eigenvalue weighted by Crippen LogP contribution is 2.31. The third-order valence-electron chi connectivity index (χ3n) is 3.74. The van der Waals surface area contributed by atoms with Crippen molar-refractivity contribution in [2.75, 3.05) is 21.3 Å². The number of hydrogen-bond donors (Lipinski definition) is 1. The molecular weight excluding hydrogens is 308 g/mol. The van der Waals surface area contributed by atoms with Gasteiger partial charge in [-0.3, -0.25) is 9.89 Å². The van der Waals surface area contributed by atoms with E-state index in [1.807, 2.05) is 30.3 Å². The molecule has 0 bridgehead atoms. The van der Waals surface area contributed by atoms with Gasteiger partial charge in [0.15, 0.2) is 11.5 Å². The molecule has 124 valence electrons. The van der Waals surface area contributed by atoms with Gasteiger partial charge in [-0.2, -0.15) is 0 Å². The van der Waals surface area contributed by atoms with E-state index in [1.54, 1.807) is 33.5 Å². The second-order valence-electron chi connectivity index (χ2n) is 5.09. The van der Waals surface area contributed by atoms with Crippen molar-refractivity contribution in [2.24, 2.45) is 0 Å². The number of aromatic nitrogens is 2. The standard InChI is InChI=1S/C18H18N2O4/c1-22-15-7-5-4-6-14(15)20-18(21)11-13(19-20)12-8-9-16(23-2)17(10-12)24-3/h4-11,19H,1-3H3. The molecule has 6 heteroatoms. The fraction of sp³-hybridized carbons (Fsp3) is 0.167. The average Bonchev–Trinajstić information content (AvgIpc) is 3.02. The number of methoxy groups -OCH3 is 3. The summed E-state index contributed by atoms with van der Waals surface area (Å²) >= 11 is 0. The molecule has 0 saturated carbocycles. The number of para-hydroxylation sites is 2. The van der Waals surface area contributed by atoms with Gasteiger partial charge < -0.3 is 14.2 Å². The summed E-state index contributed by atoms with van der Waals surface area (Å²) in [5.41, 5.74) is 1.96. The van der Waals surface area contributed by atoms with E-state index in [-0.39, 0.29) is 5.56 Å². The summed E-state index contributed by atoms with van der Waals surface area (Å²) in [6.45, 7) is 0. The highest BCUT2D eigenvalue weighted by molar-refractivity contribution is 5.64. The average molecular weight is 326 g/mol. The van der Waals surface area contributed by atoms with Crippen molar-refractivity contribution in [1.29, 1.82) is 0 Å². The van der Waals surface area contributed by atoms with E-state index in [4.69, 9.17) is 14.2 Å². The molecule has 1 heterocycles. The molecule has 0 spiro atoms. The van der Waals surface area contributed by atoms with Crippen molar-refractivity contribution in [2.45, 2.75) is 0 Å².